The highest BCUT2D eigenvalue weighted by molar-refractivity contribution is 5.83. The Morgan fingerprint density at radius 1 is 0.276 bits per heavy atom. The van der Waals surface area contributed by atoms with E-state index in [2.05, 4.69) is 21.3 Å². The largest absolute Gasteiger partial charge is 0.444 e. The summed E-state index contributed by atoms with van der Waals surface area (Å²) in [7, 11) is 0. The molecule has 22 nitrogen and oxygen atoms in total. The van der Waals surface area contributed by atoms with Crippen LogP contribution in [0, 0.1) is 0 Å². The third kappa shape index (κ3) is 40.8. The number of nitrogens with one attached hydrogen (secondary N) is 4. The summed E-state index contributed by atoms with van der Waals surface area (Å²) in [5.41, 5.74) is -4.13. The lowest BCUT2D eigenvalue weighted by atomic mass is 10.2. The Morgan fingerprint density at radius 2 is 0.461 bits per heavy atom. The molecule has 0 heterocycles. The van der Waals surface area contributed by atoms with Gasteiger partial charge in [-0.1, -0.05) is 0 Å². The second kappa shape index (κ2) is 33.7. The fourth-order valence-corrected chi connectivity index (χ4v) is 6.64. The van der Waals surface area contributed by atoms with Gasteiger partial charge in [-0.2, -0.15) is 0 Å². The van der Waals surface area contributed by atoms with Crippen molar-refractivity contribution in [3.05, 3.63) is 0 Å². The van der Waals surface area contributed by atoms with Crippen molar-refractivity contribution < 1.29 is 66.8 Å². The van der Waals surface area contributed by atoms with E-state index < -0.39 is 70.2 Å². The Labute approximate surface area is 455 Å². The van der Waals surface area contributed by atoms with Crippen LogP contribution in [0.4, 0.5) is 28.8 Å². The third-order valence-corrected chi connectivity index (χ3v) is 9.80. The van der Waals surface area contributed by atoms with E-state index in [1.165, 1.54) is 0 Å². The van der Waals surface area contributed by atoms with E-state index in [1.807, 2.05) is 0 Å². The maximum absolute atomic E-state index is 13.2. The molecule has 0 aromatic carbocycles. The first-order valence-electron chi connectivity index (χ1n) is 27.1. The van der Waals surface area contributed by atoms with Crippen LogP contribution in [0.3, 0.4) is 0 Å². The van der Waals surface area contributed by atoms with Crippen LogP contribution < -0.4 is 21.3 Å². The van der Waals surface area contributed by atoms with Crippen LogP contribution in [0.25, 0.3) is 0 Å². The van der Waals surface area contributed by atoms with E-state index >= 15 is 0 Å². The molecule has 0 aliphatic rings. The van der Waals surface area contributed by atoms with Gasteiger partial charge in [-0.3, -0.25) is 9.59 Å². The van der Waals surface area contributed by atoms with E-state index in [1.54, 1.807) is 144 Å². The van der Waals surface area contributed by atoms with Crippen LogP contribution in [0.2, 0.25) is 0 Å². The zero-order valence-corrected chi connectivity index (χ0v) is 50.1. The SMILES string of the molecule is CC(C)(C)OC(=O)NCCCN(CCCCN(CCCNC(=O)CCC(=O)NCCCN(CCCCN(CCCNC(=O)OC(C)(C)C)C(=O)OC(C)(C)C)C(=O)OC(C)(C)C)C(=O)OC(C)(C)C)C(=O)OC(C)(C)C. The molecule has 8 amide bonds. The second-order valence-electron chi connectivity index (χ2n) is 24.8. The Hall–Kier alpha value is -5.44. The summed E-state index contributed by atoms with van der Waals surface area (Å²) in [4.78, 5) is 109. The van der Waals surface area contributed by atoms with E-state index in [0.717, 1.165) is 0 Å². The third-order valence-electron chi connectivity index (χ3n) is 9.80. The van der Waals surface area contributed by atoms with Crippen molar-refractivity contribution in [1.29, 1.82) is 0 Å². The van der Waals surface area contributed by atoms with E-state index in [4.69, 9.17) is 28.4 Å². The van der Waals surface area contributed by atoms with Crippen molar-refractivity contribution in [2.75, 3.05) is 78.5 Å². The Morgan fingerprint density at radius 3 is 0.658 bits per heavy atom. The summed E-state index contributed by atoms with van der Waals surface area (Å²) in [6.07, 6.45) is 0.899. The molecule has 0 aliphatic carbocycles. The fraction of sp³-hybridized carbons (Fsp3) is 0.852. The predicted molar refractivity (Wildman–Crippen MR) is 292 cm³/mol. The first-order chi connectivity index (χ1) is 34.7. The highest BCUT2D eigenvalue weighted by atomic mass is 16.6. The molecule has 0 aromatic rings. The van der Waals surface area contributed by atoms with Gasteiger partial charge in [0.25, 0.3) is 0 Å². The summed E-state index contributed by atoms with van der Waals surface area (Å²) in [6.45, 7) is 35.9. The number of carbonyl (C=O) groups excluding carboxylic acids is 8. The van der Waals surface area contributed by atoms with Gasteiger partial charge in [0.2, 0.25) is 11.8 Å². The molecule has 22 heteroatoms. The molecule has 0 radical (unpaired) electrons. The standard InChI is InChI=1S/C54H102N8O14/c1-49(2,3)71-43(65)57-31-25-39-61(47(69)75-53(13,14)15)35-21-19-33-59(45(67)73-51(7,8)9)37-23-29-55-41(63)27-28-42(64)56-30-24-38-60(46(68)74-52(10,11)12)34-20-22-36-62(48(70)76-54(16,17)18)40-26-32-58-44(66)72-50(4,5)6/h19-40H2,1-18H3,(H,55,63)(H,56,64)(H,57,65)(H,58,66). The molecule has 0 bridgehead atoms. The Kier molecular flexibility index (Phi) is 31.2. The number of hydrogen-bond acceptors (Lipinski definition) is 14. The molecule has 76 heavy (non-hydrogen) atoms. The topological polar surface area (TPSA) is 253 Å². The van der Waals surface area contributed by atoms with Gasteiger partial charge < -0.3 is 69.3 Å². The van der Waals surface area contributed by atoms with Gasteiger partial charge in [0.15, 0.2) is 0 Å². The van der Waals surface area contributed by atoms with Gasteiger partial charge in [-0.05, 0) is 176 Å². The van der Waals surface area contributed by atoms with Gasteiger partial charge in [0.1, 0.15) is 33.6 Å². The maximum Gasteiger partial charge on any atom is 0.410 e. The van der Waals surface area contributed by atoms with Crippen LogP contribution in [0.5, 0.6) is 0 Å². The van der Waals surface area contributed by atoms with Crippen LogP contribution >= 0.6 is 0 Å². The van der Waals surface area contributed by atoms with Crippen LogP contribution in [-0.4, -0.2) is 180 Å². The predicted octanol–water partition coefficient (Wildman–Crippen LogP) is 9.12. The number of unbranched alkanes of at least 4 members (excludes halogenated alkanes) is 2. The van der Waals surface area contributed by atoms with Gasteiger partial charge in [-0.25, -0.2) is 28.8 Å². The van der Waals surface area contributed by atoms with Crippen molar-refractivity contribution in [3.8, 4) is 0 Å². The average molecular weight is 1090 g/mol. The molecule has 0 unspecified atom stereocenters. The van der Waals surface area contributed by atoms with Crippen molar-refractivity contribution in [2.24, 2.45) is 0 Å². The van der Waals surface area contributed by atoms with E-state index in [0.29, 0.717) is 117 Å². The number of alkyl carbamates (subject to hydrolysis) is 2. The molecule has 0 atom stereocenters. The first kappa shape index (κ1) is 70.6. The molecule has 0 saturated heterocycles. The summed E-state index contributed by atoms with van der Waals surface area (Å²) in [6, 6.07) is 0. The van der Waals surface area contributed by atoms with Crippen molar-refractivity contribution in [1.82, 2.24) is 40.9 Å². The number of nitrogens with zero attached hydrogens (tertiary/aromatic N) is 4. The second-order valence-corrected chi connectivity index (χ2v) is 24.8. The zero-order valence-electron chi connectivity index (χ0n) is 50.1. The lowest BCUT2D eigenvalue weighted by Gasteiger charge is -2.29. The molecule has 0 rings (SSSR count). The molecular weight excluding hydrogens is 985 g/mol. The van der Waals surface area contributed by atoms with Crippen LogP contribution in [-0.2, 0) is 38.0 Å². The summed E-state index contributed by atoms with van der Waals surface area (Å²) in [5, 5.41) is 11.1. The Bertz CT molecular complexity index is 1660. The minimum absolute atomic E-state index is 0.0442. The fourth-order valence-electron chi connectivity index (χ4n) is 6.64. The average Bonchev–Trinajstić information content (AvgIpc) is 3.21. The minimum atomic E-state index is -0.732. The minimum Gasteiger partial charge on any atom is -0.444 e. The molecule has 0 aliphatic heterocycles. The highest BCUT2D eigenvalue weighted by Gasteiger charge is 2.27. The molecule has 442 valence electrons. The molecule has 0 aromatic heterocycles. The van der Waals surface area contributed by atoms with Gasteiger partial charge >= 0.3 is 36.6 Å². The van der Waals surface area contributed by atoms with Crippen molar-refractivity contribution in [3.63, 3.8) is 0 Å². The number of amides is 8. The normalized spacial score (nSPS) is 12.1. The van der Waals surface area contributed by atoms with Crippen LogP contribution in [0.1, 0.15) is 189 Å². The number of rotatable bonds is 29. The molecular formula is C54H102N8O14. The lowest BCUT2D eigenvalue weighted by Crippen LogP contribution is -2.41. The van der Waals surface area contributed by atoms with Crippen LogP contribution in [0.15, 0.2) is 0 Å². The van der Waals surface area contributed by atoms with E-state index in [-0.39, 0.29) is 37.7 Å². The molecule has 0 spiro atoms. The first-order valence-corrected chi connectivity index (χ1v) is 27.1. The Balaban J connectivity index is 5.18. The summed E-state index contributed by atoms with van der Waals surface area (Å²) in [5.74, 6) is -0.636. The van der Waals surface area contributed by atoms with Crippen molar-refractivity contribution >= 4 is 48.4 Å². The van der Waals surface area contributed by atoms with Gasteiger partial charge in [0.05, 0.1) is 0 Å². The monoisotopic (exact) mass is 1090 g/mol. The quantitative estimate of drug-likeness (QED) is 0.0403. The number of ether oxygens (including phenoxy) is 6. The molecule has 4 N–H and O–H groups in total. The zero-order chi connectivity index (χ0) is 58.6. The maximum atomic E-state index is 13.2. The summed E-state index contributed by atoms with van der Waals surface area (Å²) < 4.78 is 33.2. The summed E-state index contributed by atoms with van der Waals surface area (Å²) >= 11 is 0. The highest BCUT2D eigenvalue weighted by Crippen LogP contribution is 2.16. The number of carbonyl (C=O) groups is 8. The van der Waals surface area contributed by atoms with E-state index in [9.17, 15) is 38.4 Å². The molecule has 0 fully saturated rings. The molecule has 0 saturated carbocycles. The van der Waals surface area contributed by atoms with Crippen molar-refractivity contribution in [2.45, 2.75) is 222 Å². The smallest absolute Gasteiger partial charge is 0.410 e. The lowest BCUT2D eigenvalue weighted by molar-refractivity contribution is -0.126. The number of hydrogen-bond donors (Lipinski definition) is 4. The van der Waals surface area contributed by atoms with Gasteiger partial charge in [-0.15, -0.1) is 0 Å². The van der Waals surface area contributed by atoms with Gasteiger partial charge in [0, 0.05) is 91.4 Å².